The van der Waals surface area contributed by atoms with Crippen molar-refractivity contribution in [3.05, 3.63) is 0 Å². The van der Waals surface area contributed by atoms with Crippen LogP contribution in [-0.2, 0) is 19.1 Å². The predicted octanol–water partition coefficient (Wildman–Crippen LogP) is 2.44. The maximum absolute atomic E-state index is 11.0. The Kier molecular flexibility index (Phi) is 12.1. The van der Waals surface area contributed by atoms with Gasteiger partial charge in [0.2, 0.25) is 0 Å². The van der Waals surface area contributed by atoms with E-state index in [2.05, 4.69) is 4.74 Å². The van der Waals surface area contributed by atoms with E-state index in [1.165, 1.54) is 14.0 Å². The molecule has 1 aliphatic heterocycles. The minimum atomic E-state index is -1.20. The van der Waals surface area contributed by atoms with E-state index in [0.29, 0.717) is 6.42 Å². The van der Waals surface area contributed by atoms with Crippen molar-refractivity contribution < 1.29 is 34.4 Å². The van der Waals surface area contributed by atoms with Gasteiger partial charge in [-0.25, -0.2) is 0 Å². The smallest absolute Gasteiger partial charge is 0.308 e. The maximum Gasteiger partial charge on any atom is 0.308 e. The number of esters is 2. The molecule has 1 aliphatic rings. The summed E-state index contributed by atoms with van der Waals surface area (Å²) in [5, 5.41) is 29.0. The van der Waals surface area contributed by atoms with Gasteiger partial charge in [-0.15, -0.1) is 0 Å². The Bertz CT molecular complexity index is 455. The van der Waals surface area contributed by atoms with Crippen LogP contribution in [0.5, 0.6) is 0 Å². The highest BCUT2D eigenvalue weighted by Crippen LogP contribution is 2.28. The second-order valence-electron chi connectivity index (χ2n) is 8.42. The third-order valence-corrected chi connectivity index (χ3v) is 4.36. The Morgan fingerprint density at radius 2 is 1.89 bits per heavy atom. The summed E-state index contributed by atoms with van der Waals surface area (Å²) in [6, 6.07) is 0. The topological polar surface area (TPSA) is 113 Å². The number of aliphatic hydroxyl groups excluding tert-OH is 1. The van der Waals surface area contributed by atoms with Crippen LogP contribution in [0.4, 0.5) is 0 Å². The first-order chi connectivity index (χ1) is 11.7. The van der Waals surface area contributed by atoms with Gasteiger partial charge >= 0.3 is 11.9 Å². The normalized spacial score (nSPS) is 25.5. The molecular formula is C20H40O7. The molecule has 1 heterocycles. The summed E-state index contributed by atoms with van der Waals surface area (Å²) in [5.41, 5.74) is -2.07. The van der Waals surface area contributed by atoms with Gasteiger partial charge in [0.05, 0.1) is 37.3 Å². The van der Waals surface area contributed by atoms with Crippen LogP contribution in [-0.4, -0.2) is 57.8 Å². The summed E-state index contributed by atoms with van der Waals surface area (Å²) in [7, 11) is 1.28. The van der Waals surface area contributed by atoms with Crippen molar-refractivity contribution in [3.8, 4) is 0 Å². The fourth-order valence-corrected chi connectivity index (χ4v) is 2.58. The van der Waals surface area contributed by atoms with Crippen LogP contribution >= 0.6 is 0 Å². The fourth-order valence-electron chi connectivity index (χ4n) is 2.58. The van der Waals surface area contributed by atoms with E-state index in [9.17, 15) is 24.9 Å². The Balaban J connectivity index is 0. The van der Waals surface area contributed by atoms with Crippen LogP contribution in [0.25, 0.3) is 0 Å². The number of ether oxygens (including phenoxy) is 2. The molecule has 0 aromatic carbocycles. The van der Waals surface area contributed by atoms with Crippen molar-refractivity contribution in [2.75, 3.05) is 7.11 Å². The molecule has 4 unspecified atom stereocenters. The Morgan fingerprint density at radius 1 is 1.37 bits per heavy atom. The molecule has 0 radical (unpaired) electrons. The number of rotatable bonds is 6. The zero-order valence-corrected chi connectivity index (χ0v) is 17.1. The average Bonchev–Trinajstić information content (AvgIpc) is 2.44. The van der Waals surface area contributed by atoms with Gasteiger partial charge in [-0.3, -0.25) is 9.59 Å². The number of carbonyl (C=O) groups excluding carboxylic acids is 2. The second kappa shape index (κ2) is 11.6. The van der Waals surface area contributed by atoms with E-state index in [1.807, 2.05) is 27.7 Å². The number of hydrogen-bond acceptors (Lipinski definition) is 7. The van der Waals surface area contributed by atoms with Gasteiger partial charge in [0.15, 0.2) is 0 Å². The first-order valence-electron chi connectivity index (χ1n) is 9.08. The molecule has 1 fully saturated rings. The highest BCUT2D eigenvalue weighted by Gasteiger charge is 2.37. The Labute approximate surface area is 164 Å². The summed E-state index contributed by atoms with van der Waals surface area (Å²) >= 11 is 0. The van der Waals surface area contributed by atoms with Gasteiger partial charge in [0.25, 0.3) is 0 Å². The minimum absolute atomic E-state index is 0. The highest BCUT2D eigenvalue weighted by atomic mass is 16.5. The monoisotopic (exact) mass is 392 g/mol. The van der Waals surface area contributed by atoms with Crippen molar-refractivity contribution in [3.63, 3.8) is 0 Å². The standard InChI is InChI=1S/C10H20O4.C9H16O3.CH4/c1-7(2)8(11)5-10(3,13)6-9(12)14-4;1-6(2)7-4-9(3,11)5-8(10)12-7;/h7-8,11,13H,5-6H2,1-4H3;6-7,11H,4-5H2,1-3H3;1H4. The summed E-state index contributed by atoms with van der Waals surface area (Å²) in [5.74, 6) is -0.407. The van der Waals surface area contributed by atoms with Gasteiger partial charge in [0, 0.05) is 12.8 Å². The van der Waals surface area contributed by atoms with Crippen LogP contribution in [0.1, 0.15) is 74.7 Å². The second-order valence-corrected chi connectivity index (χ2v) is 8.42. The van der Waals surface area contributed by atoms with Crippen LogP contribution in [0.2, 0.25) is 0 Å². The lowest BCUT2D eigenvalue weighted by Gasteiger charge is -2.34. The van der Waals surface area contributed by atoms with Crippen molar-refractivity contribution in [1.29, 1.82) is 0 Å². The van der Waals surface area contributed by atoms with Crippen molar-refractivity contribution >= 4 is 11.9 Å². The summed E-state index contributed by atoms with van der Waals surface area (Å²) in [6.07, 6.45) is 0.0376. The number of hydrogen-bond donors (Lipinski definition) is 3. The molecule has 1 saturated heterocycles. The van der Waals surface area contributed by atoms with Gasteiger partial charge < -0.3 is 24.8 Å². The van der Waals surface area contributed by atoms with Crippen LogP contribution in [0.15, 0.2) is 0 Å². The van der Waals surface area contributed by atoms with E-state index in [1.54, 1.807) is 6.92 Å². The van der Waals surface area contributed by atoms with E-state index in [0.717, 1.165) is 0 Å². The molecule has 7 heteroatoms. The van der Waals surface area contributed by atoms with Crippen LogP contribution in [0, 0.1) is 11.8 Å². The fraction of sp³-hybridized carbons (Fsp3) is 0.900. The number of methoxy groups -OCH3 is 1. The number of carbonyl (C=O) groups is 2. The van der Waals surface area contributed by atoms with Gasteiger partial charge in [0.1, 0.15) is 6.10 Å². The first kappa shape index (κ1) is 28.0. The third kappa shape index (κ3) is 12.0. The molecule has 0 aliphatic carbocycles. The molecule has 7 nitrogen and oxygen atoms in total. The van der Waals surface area contributed by atoms with Crippen molar-refractivity contribution in [1.82, 2.24) is 0 Å². The molecule has 0 amide bonds. The zero-order chi connectivity index (χ0) is 20.7. The lowest BCUT2D eigenvalue weighted by atomic mass is 9.88. The molecule has 0 aromatic heterocycles. The first-order valence-corrected chi connectivity index (χ1v) is 9.08. The number of aliphatic hydroxyl groups is 3. The third-order valence-electron chi connectivity index (χ3n) is 4.36. The molecule has 0 spiro atoms. The molecule has 1 rings (SSSR count). The van der Waals surface area contributed by atoms with Gasteiger partial charge in [-0.05, 0) is 25.7 Å². The lowest BCUT2D eigenvalue weighted by molar-refractivity contribution is -0.171. The molecular weight excluding hydrogens is 352 g/mol. The van der Waals surface area contributed by atoms with Crippen LogP contribution in [0.3, 0.4) is 0 Å². The van der Waals surface area contributed by atoms with E-state index in [-0.39, 0.29) is 50.6 Å². The zero-order valence-electron chi connectivity index (χ0n) is 17.1. The predicted molar refractivity (Wildman–Crippen MR) is 104 cm³/mol. The molecule has 0 aromatic rings. The molecule has 162 valence electrons. The number of cyclic esters (lactones) is 1. The molecule has 0 saturated carbocycles. The van der Waals surface area contributed by atoms with Gasteiger partial charge in [-0.2, -0.15) is 0 Å². The maximum atomic E-state index is 11.0. The van der Waals surface area contributed by atoms with Crippen molar-refractivity contribution in [2.24, 2.45) is 11.8 Å². The SMILES string of the molecule is C.CC(C)C1CC(C)(O)CC(=O)O1.COC(=O)CC(C)(O)CC(O)C(C)C. The molecule has 0 bridgehead atoms. The quantitative estimate of drug-likeness (QED) is 0.595. The summed E-state index contributed by atoms with van der Waals surface area (Å²) < 4.78 is 9.53. The Hall–Kier alpha value is -1.18. The lowest BCUT2D eigenvalue weighted by Crippen LogP contribution is -2.42. The van der Waals surface area contributed by atoms with E-state index < -0.39 is 23.3 Å². The molecule has 27 heavy (non-hydrogen) atoms. The molecule has 3 N–H and O–H groups in total. The largest absolute Gasteiger partial charge is 0.469 e. The van der Waals surface area contributed by atoms with E-state index >= 15 is 0 Å². The highest BCUT2D eigenvalue weighted by molar-refractivity contribution is 5.71. The summed E-state index contributed by atoms with van der Waals surface area (Å²) in [4.78, 5) is 21.9. The Morgan fingerprint density at radius 3 is 2.26 bits per heavy atom. The average molecular weight is 393 g/mol. The minimum Gasteiger partial charge on any atom is -0.469 e. The molecule has 4 atom stereocenters. The van der Waals surface area contributed by atoms with Gasteiger partial charge in [-0.1, -0.05) is 35.1 Å². The van der Waals surface area contributed by atoms with Crippen molar-refractivity contribution in [2.45, 2.75) is 98.1 Å². The van der Waals surface area contributed by atoms with E-state index in [4.69, 9.17) is 4.74 Å². The summed E-state index contributed by atoms with van der Waals surface area (Å²) in [6.45, 7) is 10.9. The van der Waals surface area contributed by atoms with Crippen LogP contribution < -0.4 is 0 Å².